The molecule has 1 aromatic carbocycles. The third-order valence-electron chi connectivity index (χ3n) is 3.18. The first-order valence-electron chi connectivity index (χ1n) is 6.38. The van der Waals surface area contributed by atoms with E-state index in [1.54, 1.807) is 11.3 Å². The second-order valence-electron chi connectivity index (χ2n) is 4.45. The van der Waals surface area contributed by atoms with Gasteiger partial charge in [0.25, 0.3) is 0 Å². The molecule has 2 aromatic rings. The Balaban J connectivity index is 1.86. The third-order valence-corrected chi connectivity index (χ3v) is 4.00. The van der Waals surface area contributed by atoms with E-state index in [2.05, 4.69) is 46.5 Å². The largest absolute Gasteiger partial charge is 0.367 e. The van der Waals surface area contributed by atoms with Crippen molar-refractivity contribution in [1.82, 2.24) is 4.98 Å². The van der Waals surface area contributed by atoms with Gasteiger partial charge in [-0.2, -0.15) is 0 Å². The maximum Gasteiger partial charge on any atom is 0.183 e. The molecule has 2 heterocycles. The van der Waals surface area contributed by atoms with Gasteiger partial charge in [-0.25, -0.2) is 4.98 Å². The topological polar surface area (TPSA) is 34.2 Å². The fourth-order valence-corrected chi connectivity index (χ4v) is 3.02. The molecule has 19 heavy (non-hydrogen) atoms. The van der Waals surface area contributed by atoms with Gasteiger partial charge < -0.3 is 10.1 Å². The van der Waals surface area contributed by atoms with E-state index < -0.39 is 0 Å². The first-order valence-corrected chi connectivity index (χ1v) is 7.26. The van der Waals surface area contributed by atoms with Crippen LogP contribution in [0.15, 0.2) is 42.3 Å². The quantitative estimate of drug-likeness (QED) is 0.866. The highest BCUT2D eigenvalue weighted by Crippen LogP contribution is 2.33. The van der Waals surface area contributed by atoms with E-state index in [1.165, 1.54) is 11.1 Å². The molecular weight excluding hydrogens is 256 g/mol. The van der Waals surface area contributed by atoms with Crippen molar-refractivity contribution in [3.63, 3.8) is 0 Å². The first-order chi connectivity index (χ1) is 9.38. The van der Waals surface area contributed by atoms with Crippen molar-refractivity contribution in [2.75, 3.05) is 18.5 Å². The normalized spacial score (nSPS) is 17.8. The number of hydrogen-bond donors (Lipinski definition) is 1. The van der Waals surface area contributed by atoms with Crippen LogP contribution in [0.25, 0.3) is 0 Å². The van der Waals surface area contributed by atoms with Crippen molar-refractivity contribution in [1.29, 1.82) is 0 Å². The minimum absolute atomic E-state index is 0.0273. The summed E-state index contributed by atoms with van der Waals surface area (Å²) < 4.78 is 5.90. The highest BCUT2D eigenvalue weighted by atomic mass is 32.1. The molecule has 1 aliphatic heterocycles. The number of rotatable bonds is 4. The van der Waals surface area contributed by atoms with Crippen molar-refractivity contribution in [3.8, 4) is 0 Å². The average Bonchev–Trinajstić information content (AvgIpc) is 2.93. The van der Waals surface area contributed by atoms with E-state index in [4.69, 9.17) is 4.74 Å². The van der Waals surface area contributed by atoms with Crippen LogP contribution >= 0.6 is 11.3 Å². The van der Waals surface area contributed by atoms with Gasteiger partial charge in [-0.15, -0.1) is 17.9 Å². The lowest BCUT2D eigenvalue weighted by molar-refractivity contribution is 0.0675. The summed E-state index contributed by atoms with van der Waals surface area (Å²) in [6.45, 7) is 5.18. The lowest BCUT2D eigenvalue weighted by atomic mass is 9.96. The van der Waals surface area contributed by atoms with Crippen molar-refractivity contribution >= 4 is 16.5 Å². The van der Waals surface area contributed by atoms with Gasteiger partial charge in [-0.1, -0.05) is 30.3 Å². The molecule has 0 aliphatic carbocycles. The fourth-order valence-electron chi connectivity index (χ4n) is 2.29. The van der Waals surface area contributed by atoms with E-state index in [-0.39, 0.29) is 6.10 Å². The number of anilines is 1. The number of fused-ring (bicyclic) bond motifs is 1. The van der Waals surface area contributed by atoms with Gasteiger partial charge in [-0.3, -0.25) is 0 Å². The van der Waals surface area contributed by atoms with Gasteiger partial charge in [0, 0.05) is 11.9 Å². The molecule has 0 saturated heterocycles. The summed E-state index contributed by atoms with van der Waals surface area (Å²) >= 11 is 1.61. The molecule has 98 valence electrons. The molecule has 0 saturated carbocycles. The van der Waals surface area contributed by atoms with Crippen LogP contribution in [0.1, 0.15) is 22.9 Å². The van der Waals surface area contributed by atoms with Crippen LogP contribution in [0, 0.1) is 0 Å². The summed E-state index contributed by atoms with van der Waals surface area (Å²) in [6.07, 6.45) is 2.78. The van der Waals surface area contributed by atoms with Gasteiger partial charge in [0.05, 0.1) is 12.3 Å². The summed E-state index contributed by atoms with van der Waals surface area (Å²) in [4.78, 5) is 4.60. The molecule has 1 N–H and O–H groups in total. The molecule has 3 rings (SSSR count). The minimum Gasteiger partial charge on any atom is -0.367 e. The van der Waals surface area contributed by atoms with Crippen LogP contribution < -0.4 is 5.32 Å². The number of benzene rings is 1. The Morgan fingerprint density at radius 2 is 2.37 bits per heavy atom. The van der Waals surface area contributed by atoms with Crippen LogP contribution in [0.5, 0.6) is 0 Å². The second kappa shape index (κ2) is 5.55. The predicted octanol–water partition coefficient (Wildman–Crippen LogP) is 3.40. The van der Waals surface area contributed by atoms with Gasteiger partial charge in [0.1, 0.15) is 6.10 Å². The SMILES string of the molecule is C=CCNc1nc(C2OCCc3ccccc32)cs1. The monoisotopic (exact) mass is 272 g/mol. The Kier molecular flexibility index (Phi) is 3.62. The molecule has 1 atom stereocenters. The molecule has 3 nitrogen and oxygen atoms in total. The molecule has 1 aliphatic rings. The molecular formula is C15H16N2OS. The van der Waals surface area contributed by atoms with Crippen LogP contribution in [-0.2, 0) is 11.2 Å². The fraction of sp³-hybridized carbons (Fsp3) is 0.267. The Morgan fingerprint density at radius 1 is 1.47 bits per heavy atom. The standard InChI is InChI=1S/C15H16N2OS/c1-2-8-16-15-17-13(10-19-15)14-12-6-4-3-5-11(12)7-9-18-14/h2-6,10,14H,1,7-9H2,(H,16,17). The average molecular weight is 272 g/mol. The Bertz CT molecular complexity index is 579. The zero-order valence-corrected chi connectivity index (χ0v) is 11.5. The summed E-state index contributed by atoms with van der Waals surface area (Å²) in [7, 11) is 0. The highest BCUT2D eigenvalue weighted by Gasteiger charge is 2.24. The van der Waals surface area contributed by atoms with Crippen LogP contribution in [0.2, 0.25) is 0 Å². The maximum absolute atomic E-state index is 5.90. The smallest absolute Gasteiger partial charge is 0.183 e. The number of nitrogens with zero attached hydrogens (tertiary/aromatic N) is 1. The lowest BCUT2D eigenvalue weighted by Gasteiger charge is -2.24. The predicted molar refractivity (Wildman–Crippen MR) is 78.7 cm³/mol. The molecule has 0 amide bonds. The summed E-state index contributed by atoms with van der Waals surface area (Å²) in [5, 5.41) is 6.20. The van der Waals surface area contributed by atoms with E-state index in [1.807, 2.05) is 6.08 Å². The van der Waals surface area contributed by atoms with Crippen molar-refractivity contribution in [2.45, 2.75) is 12.5 Å². The van der Waals surface area contributed by atoms with Gasteiger partial charge >= 0.3 is 0 Å². The maximum atomic E-state index is 5.90. The van der Waals surface area contributed by atoms with Crippen molar-refractivity contribution in [2.24, 2.45) is 0 Å². The molecule has 1 aromatic heterocycles. The van der Waals surface area contributed by atoms with Crippen molar-refractivity contribution < 1.29 is 4.74 Å². The van der Waals surface area contributed by atoms with Crippen molar-refractivity contribution in [3.05, 3.63) is 59.1 Å². The summed E-state index contributed by atoms with van der Waals surface area (Å²) in [5.74, 6) is 0. The molecule has 0 radical (unpaired) electrons. The minimum atomic E-state index is -0.0273. The second-order valence-corrected chi connectivity index (χ2v) is 5.30. The zero-order chi connectivity index (χ0) is 13.1. The first kappa shape index (κ1) is 12.4. The zero-order valence-electron chi connectivity index (χ0n) is 10.6. The lowest BCUT2D eigenvalue weighted by Crippen LogP contribution is -2.17. The highest BCUT2D eigenvalue weighted by molar-refractivity contribution is 7.13. The molecule has 0 spiro atoms. The summed E-state index contributed by atoms with van der Waals surface area (Å²) in [5.41, 5.74) is 3.60. The molecule has 0 fully saturated rings. The van der Waals surface area contributed by atoms with Gasteiger partial charge in [0.2, 0.25) is 0 Å². The van der Waals surface area contributed by atoms with Crippen LogP contribution in [0.3, 0.4) is 0 Å². The molecule has 0 bridgehead atoms. The Morgan fingerprint density at radius 3 is 3.26 bits per heavy atom. The number of aromatic nitrogens is 1. The molecule has 1 unspecified atom stereocenters. The van der Waals surface area contributed by atoms with Gasteiger partial charge in [-0.05, 0) is 17.5 Å². The van der Waals surface area contributed by atoms with E-state index in [9.17, 15) is 0 Å². The number of thiazole rings is 1. The van der Waals surface area contributed by atoms with Gasteiger partial charge in [0.15, 0.2) is 5.13 Å². The van der Waals surface area contributed by atoms with E-state index >= 15 is 0 Å². The van der Waals surface area contributed by atoms with E-state index in [0.717, 1.165) is 30.4 Å². The van der Waals surface area contributed by atoms with Crippen LogP contribution in [0.4, 0.5) is 5.13 Å². The molecule has 4 heteroatoms. The third kappa shape index (κ3) is 2.55. The number of nitrogens with one attached hydrogen (secondary N) is 1. The number of ether oxygens (including phenoxy) is 1. The number of hydrogen-bond acceptors (Lipinski definition) is 4. The summed E-state index contributed by atoms with van der Waals surface area (Å²) in [6, 6.07) is 8.45. The Labute approximate surface area is 117 Å². The van der Waals surface area contributed by atoms with E-state index in [0.29, 0.717) is 0 Å². The van der Waals surface area contributed by atoms with Crippen LogP contribution in [-0.4, -0.2) is 18.1 Å². The Hall–Kier alpha value is -1.65.